The number of anilines is 1. The average Bonchev–Trinajstić information content (AvgIpc) is 3.00. The summed E-state index contributed by atoms with van der Waals surface area (Å²) in [6.07, 6.45) is 1.55. The highest BCUT2D eigenvalue weighted by atomic mass is 79.9. The minimum Gasteiger partial charge on any atom is -0.507 e. The van der Waals surface area contributed by atoms with Gasteiger partial charge in [0, 0.05) is 25.7 Å². The van der Waals surface area contributed by atoms with Crippen molar-refractivity contribution in [2.24, 2.45) is 0 Å². The Balaban J connectivity index is 1.93. The summed E-state index contributed by atoms with van der Waals surface area (Å²) in [5.74, 6) is -1.49. The largest absolute Gasteiger partial charge is 0.507 e. The number of aliphatic hydroxyl groups is 1. The first-order valence-corrected chi connectivity index (χ1v) is 10.8. The predicted octanol–water partition coefficient (Wildman–Crippen LogP) is 5.89. The van der Waals surface area contributed by atoms with Crippen LogP contribution in [0.5, 0.6) is 0 Å². The molecule has 2 aromatic carbocycles. The summed E-state index contributed by atoms with van der Waals surface area (Å²) in [6.45, 7) is 0. The maximum Gasteiger partial charge on any atom is 0.301 e. The molecule has 1 unspecified atom stereocenters. The third kappa shape index (κ3) is 3.80. The van der Waals surface area contributed by atoms with Gasteiger partial charge in [-0.05, 0) is 70.0 Å². The topological polar surface area (TPSA) is 70.5 Å². The predicted molar refractivity (Wildman–Crippen MR) is 122 cm³/mol. The average molecular weight is 549 g/mol. The van der Waals surface area contributed by atoms with Crippen LogP contribution in [0.1, 0.15) is 17.2 Å². The Morgan fingerprint density at radius 3 is 2.17 bits per heavy atom. The van der Waals surface area contributed by atoms with Crippen LogP contribution in [-0.4, -0.2) is 21.8 Å². The highest BCUT2D eigenvalue weighted by Crippen LogP contribution is 2.42. The Hall–Kier alpha value is -2.48. The van der Waals surface area contributed by atoms with E-state index in [2.05, 4.69) is 36.8 Å². The van der Waals surface area contributed by atoms with Crippen molar-refractivity contribution in [1.29, 1.82) is 0 Å². The zero-order chi connectivity index (χ0) is 21.4. The number of carbonyl (C=O) groups is 2. The van der Waals surface area contributed by atoms with E-state index in [-0.39, 0.29) is 11.3 Å². The fraction of sp³-hybridized carbons (Fsp3) is 0.0455. The summed E-state index contributed by atoms with van der Waals surface area (Å²) in [4.78, 5) is 31.6. The second kappa shape index (κ2) is 8.34. The summed E-state index contributed by atoms with van der Waals surface area (Å²) in [6, 6.07) is 16.2. The molecular formula is C22H13Br2ClN2O3. The van der Waals surface area contributed by atoms with Crippen molar-refractivity contribution < 1.29 is 14.7 Å². The van der Waals surface area contributed by atoms with Gasteiger partial charge in [-0.1, -0.05) is 39.7 Å². The lowest BCUT2D eigenvalue weighted by atomic mass is 9.95. The van der Waals surface area contributed by atoms with Gasteiger partial charge in [-0.15, -0.1) is 0 Å². The maximum absolute atomic E-state index is 13.0. The summed E-state index contributed by atoms with van der Waals surface area (Å²) < 4.78 is 1.59. The molecule has 1 aromatic heterocycles. The number of hydrogen-bond donors (Lipinski definition) is 1. The summed E-state index contributed by atoms with van der Waals surface area (Å²) >= 11 is 12.7. The van der Waals surface area contributed by atoms with E-state index in [1.54, 1.807) is 54.7 Å². The van der Waals surface area contributed by atoms with Crippen LogP contribution in [0.15, 0.2) is 81.4 Å². The van der Waals surface area contributed by atoms with E-state index < -0.39 is 17.7 Å². The van der Waals surface area contributed by atoms with Crippen molar-refractivity contribution in [2.45, 2.75) is 6.04 Å². The molecule has 1 N–H and O–H groups in total. The first-order valence-electron chi connectivity index (χ1n) is 8.81. The Morgan fingerprint density at radius 2 is 1.57 bits per heavy atom. The lowest BCUT2D eigenvalue weighted by Crippen LogP contribution is -2.30. The van der Waals surface area contributed by atoms with Gasteiger partial charge in [-0.3, -0.25) is 14.5 Å². The van der Waals surface area contributed by atoms with Crippen molar-refractivity contribution in [3.63, 3.8) is 0 Å². The lowest BCUT2D eigenvalue weighted by molar-refractivity contribution is -0.132. The van der Waals surface area contributed by atoms with E-state index in [4.69, 9.17) is 11.6 Å². The Bertz CT molecular complexity index is 1160. The van der Waals surface area contributed by atoms with Gasteiger partial charge in [0.15, 0.2) is 0 Å². The van der Waals surface area contributed by atoms with Crippen molar-refractivity contribution in [3.05, 3.63) is 97.5 Å². The van der Waals surface area contributed by atoms with Gasteiger partial charge in [0.25, 0.3) is 5.78 Å². The molecule has 1 atom stereocenters. The molecule has 0 bridgehead atoms. The van der Waals surface area contributed by atoms with Crippen LogP contribution < -0.4 is 4.90 Å². The standard InChI is InChI=1S/C22H13Br2ClN2O3/c23-14-5-1-12(2-6-14)19-18(20(28)13-3-8-16(25)9-4-13)21(29)22(30)27(19)17-10-7-15(24)11-26-17/h1-11,19,28H. The lowest BCUT2D eigenvalue weighted by Gasteiger charge is -2.24. The number of Topliss-reactive ketones (excluding diaryl/α,β-unsaturated/α-hetero) is 1. The van der Waals surface area contributed by atoms with Crippen LogP contribution in [0.25, 0.3) is 5.76 Å². The van der Waals surface area contributed by atoms with E-state index in [1.807, 2.05) is 12.1 Å². The van der Waals surface area contributed by atoms with Gasteiger partial charge in [0.1, 0.15) is 11.6 Å². The van der Waals surface area contributed by atoms with Crippen molar-refractivity contribution in [1.82, 2.24) is 4.98 Å². The zero-order valence-corrected chi connectivity index (χ0v) is 19.1. The second-order valence-electron chi connectivity index (χ2n) is 6.56. The van der Waals surface area contributed by atoms with E-state index in [0.717, 1.165) is 8.95 Å². The normalized spacial score (nSPS) is 18.1. The maximum atomic E-state index is 13.0. The van der Waals surface area contributed by atoms with Gasteiger partial charge < -0.3 is 5.11 Å². The molecule has 3 aromatic rings. The number of benzene rings is 2. The SMILES string of the molecule is O=C1C(=O)N(c2ccc(Br)cn2)C(c2ccc(Br)cc2)C1=C(O)c1ccc(Cl)cc1. The van der Waals surface area contributed by atoms with Gasteiger partial charge in [-0.25, -0.2) is 4.98 Å². The Labute approximate surface area is 194 Å². The number of halogens is 3. The Morgan fingerprint density at radius 1 is 0.933 bits per heavy atom. The van der Waals surface area contributed by atoms with Gasteiger partial charge in [-0.2, -0.15) is 0 Å². The minimum absolute atomic E-state index is 0.00522. The first kappa shape index (κ1) is 20.8. The van der Waals surface area contributed by atoms with Crippen LogP contribution in [0.2, 0.25) is 5.02 Å². The monoisotopic (exact) mass is 546 g/mol. The van der Waals surface area contributed by atoms with Crippen molar-refractivity contribution in [2.75, 3.05) is 4.90 Å². The van der Waals surface area contributed by atoms with E-state index in [0.29, 0.717) is 22.0 Å². The molecule has 8 heteroatoms. The molecule has 5 nitrogen and oxygen atoms in total. The number of ketones is 1. The van der Waals surface area contributed by atoms with Gasteiger partial charge >= 0.3 is 5.91 Å². The molecule has 0 aliphatic carbocycles. The molecular weight excluding hydrogens is 536 g/mol. The quantitative estimate of drug-likeness (QED) is 0.252. The van der Waals surface area contributed by atoms with E-state index in [1.165, 1.54) is 4.90 Å². The molecule has 0 spiro atoms. The zero-order valence-electron chi connectivity index (χ0n) is 15.2. The van der Waals surface area contributed by atoms with Crippen molar-refractivity contribution >= 4 is 66.7 Å². The fourth-order valence-electron chi connectivity index (χ4n) is 3.30. The molecule has 1 aliphatic rings. The summed E-state index contributed by atoms with van der Waals surface area (Å²) in [7, 11) is 0. The molecule has 1 saturated heterocycles. The number of rotatable bonds is 3. The molecule has 150 valence electrons. The van der Waals surface area contributed by atoms with Crippen LogP contribution in [0, 0.1) is 0 Å². The number of nitrogens with zero attached hydrogens (tertiary/aromatic N) is 2. The third-order valence-electron chi connectivity index (χ3n) is 4.71. The van der Waals surface area contributed by atoms with E-state index >= 15 is 0 Å². The number of carbonyl (C=O) groups excluding carboxylic acids is 2. The number of aromatic nitrogens is 1. The number of pyridine rings is 1. The number of amides is 1. The molecule has 1 fully saturated rings. The molecule has 0 saturated carbocycles. The van der Waals surface area contributed by atoms with Crippen LogP contribution in [-0.2, 0) is 9.59 Å². The molecule has 30 heavy (non-hydrogen) atoms. The molecule has 0 radical (unpaired) electrons. The van der Waals surface area contributed by atoms with Crippen LogP contribution in [0.3, 0.4) is 0 Å². The van der Waals surface area contributed by atoms with Gasteiger partial charge in [0.05, 0.1) is 11.6 Å². The number of aliphatic hydroxyl groups excluding tert-OH is 1. The molecule has 4 rings (SSSR count). The fourth-order valence-corrected chi connectivity index (χ4v) is 3.93. The second-order valence-corrected chi connectivity index (χ2v) is 8.83. The highest BCUT2D eigenvalue weighted by molar-refractivity contribution is 9.10. The Kier molecular flexibility index (Phi) is 5.77. The minimum atomic E-state index is -0.831. The van der Waals surface area contributed by atoms with Crippen LogP contribution >= 0.6 is 43.5 Å². The van der Waals surface area contributed by atoms with E-state index in [9.17, 15) is 14.7 Å². The summed E-state index contributed by atoms with van der Waals surface area (Å²) in [5.41, 5.74) is 1.05. The highest BCUT2D eigenvalue weighted by Gasteiger charge is 2.47. The molecule has 1 aliphatic heterocycles. The molecule has 2 heterocycles. The van der Waals surface area contributed by atoms with Crippen LogP contribution in [0.4, 0.5) is 5.82 Å². The first-order chi connectivity index (χ1) is 14.4. The summed E-state index contributed by atoms with van der Waals surface area (Å²) in [5, 5.41) is 11.5. The van der Waals surface area contributed by atoms with Crippen molar-refractivity contribution in [3.8, 4) is 0 Å². The smallest absolute Gasteiger partial charge is 0.301 e. The van der Waals surface area contributed by atoms with Gasteiger partial charge in [0.2, 0.25) is 0 Å². The molecule has 1 amide bonds. The number of hydrogen-bond acceptors (Lipinski definition) is 4. The third-order valence-corrected chi connectivity index (χ3v) is 5.96.